The van der Waals surface area contributed by atoms with Crippen LogP contribution in [0.5, 0.6) is 0 Å². The number of aliphatic imine (C=N–C) groups is 1. The lowest BCUT2D eigenvalue weighted by molar-refractivity contribution is -0.138. The van der Waals surface area contributed by atoms with Crippen LogP contribution in [0, 0.1) is 5.82 Å². The minimum atomic E-state index is -4.75. The highest BCUT2D eigenvalue weighted by atomic mass is 32.1. The Bertz CT molecular complexity index is 1350. The molecule has 3 N–H and O–H groups in total. The minimum absolute atomic E-state index is 0.00348. The number of carboxylic acid groups (broad SMARTS) is 1. The summed E-state index contributed by atoms with van der Waals surface area (Å²) in [5, 5.41) is 15.3. The van der Waals surface area contributed by atoms with Gasteiger partial charge in [-0.15, -0.1) is 0 Å². The van der Waals surface area contributed by atoms with E-state index < -0.39 is 29.4 Å². The topological polar surface area (TPSA) is 106 Å². The van der Waals surface area contributed by atoms with Crippen LogP contribution < -0.4 is 15.5 Å². The summed E-state index contributed by atoms with van der Waals surface area (Å²) < 4.78 is 75.4. The number of anilines is 2. The van der Waals surface area contributed by atoms with Crippen LogP contribution >= 0.6 is 11.3 Å². The third-order valence-electron chi connectivity index (χ3n) is 7.02. The van der Waals surface area contributed by atoms with Gasteiger partial charge in [0.25, 0.3) is 0 Å². The van der Waals surface area contributed by atoms with Gasteiger partial charge >= 0.3 is 12.1 Å². The number of benzene rings is 1. The summed E-state index contributed by atoms with van der Waals surface area (Å²) in [7, 11) is 1.56. The molecule has 3 aliphatic heterocycles. The van der Waals surface area contributed by atoms with E-state index in [0.717, 1.165) is 23.5 Å². The predicted octanol–water partition coefficient (Wildman–Crippen LogP) is 3.41. The minimum Gasteiger partial charge on any atom is -0.481 e. The third-order valence-corrected chi connectivity index (χ3v) is 8.05. The molecule has 5 rings (SSSR count). The number of nitrogens with one attached hydrogen (secondary N) is 2. The van der Waals surface area contributed by atoms with Crippen molar-refractivity contribution in [2.24, 2.45) is 4.99 Å². The molecule has 1 aromatic carbocycles. The first-order valence-electron chi connectivity index (χ1n) is 12.8. The number of thiazole rings is 1. The standard InChI is InChI=1S/C25H28F5N7O3S/c1-40-17-11-37(12-17)23-20(14-8-15(25(28,29)30)10-16(26)9-14)33-24(41-23)34-21-19(27)22(32-13-31-21)36-6-4-35(5-7-36)3-2-18(38)39/h8-10,17,31H,2-7,11-13H2,1H3,(H,33,34)(H,38,39). The van der Waals surface area contributed by atoms with Crippen LogP contribution in [-0.4, -0.2) is 97.4 Å². The lowest BCUT2D eigenvalue weighted by atomic mass is 10.1. The number of aliphatic carboxylic acids is 1. The van der Waals surface area contributed by atoms with Gasteiger partial charge in [-0.25, -0.2) is 14.4 Å². The Hall–Kier alpha value is -3.50. The van der Waals surface area contributed by atoms with Gasteiger partial charge in [0.2, 0.25) is 5.83 Å². The summed E-state index contributed by atoms with van der Waals surface area (Å²) in [6, 6.07) is 2.27. The quantitative estimate of drug-likeness (QED) is 0.393. The van der Waals surface area contributed by atoms with Crippen LogP contribution in [0.15, 0.2) is 34.8 Å². The van der Waals surface area contributed by atoms with E-state index in [2.05, 4.69) is 20.6 Å². The largest absolute Gasteiger partial charge is 0.481 e. The van der Waals surface area contributed by atoms with Gasteiger partial charge in [0, 0.05) is 58.5 Å². The molecule has 2 saturated heterocycles. The average molecular weight is 602 g/mol. The number of halogens is 5. The smallest absolute Gasteiger partial charge is 0.416 e. The number of aromatic nitrogens is 1. The van der Waals surface area contributed by atoms with Crippen molar-refractivity contribution in [3.63, 3.8) is 0 Å². The van der Waals surface area contributed by atoms with Crippen LogP contribution in [0.25, 0.3) is 11.3 Å². The molecule has 0 bridgehead atoms. The van der Waals surface area contributed by atoms with Crippen molar-refractivity contribution in [3.05, 3.63) is 41.2 Å². The molecular formula is C25H28F5N7O3S. The van der Waals surface area contributed by atoms with Gasteiger partial charge in [0.05, 0.1) is 18.1 Å². The summed E-state index contributed by atoms with van der Waals surface area (Å²) in [4.78, 5) is 25.2. The van der Waals surface area contributed by atoms with E-state index in [1.54, 1.807) is 12.0 Å². The third kappa shape index (κ3) is 6.54. The number of methoxy groups -OCH3 is 1. The Balaban J connectivity index is 1.38. The predicted molar refractivity (Wildman–Crippen MR) is 143 cm³/mol. The van der Waals surface area contributed by atoms with Crippen LogP contribution in [0.3, 0.4) is 0 Å². The Morgan fingerprint density at radius 2 is 1.90 bits per heavy atom. The van der Waals surface area contributed by atoms with Crippen molar-refractivity contribution >= 4 is 33.3 Å². The summed E-state index contributed by atoms with van der Waals surface area (Å²) in [6.45, 7) is 3.46. The summed E-state index contributed by atoms with van der Waals surface area (Å²) >= 11 is 1.11. The molecule has 4 heterocycles. The molecule has 0 spiro atoms. The summed E-state index contributed by atoms with van der Waals surface area (Å²) in [5.41, 5.74) is -1.04. The Morgan fingerprint density at radius 1 is 1.17 bits per heavy atom. The van der Waals surface area contributed by atoms with Crippen molar-refractivity contribution in [1.29, 1.82) is 0 Å². The number of carboxylic acids is 1. The fraction of sp³-hybridized carbons (Fsp3) is 0.480. The second kappa shape index (κ2) is 11.8. The van der Waals surface area contributed by atoms with E-state index in [9.17, 15) is 22.4 Å². The van der Waals surface area contributed by atoms with Crippen molar-refractivity contribution in [2.75, 3.05) is 69.8 Å². The van der Waals surface area contributed by atoms with Gasteiger partial charge in [-0.05, 0) is 18.2 Å². The lowest BCUT2D eigenvalue weighted by Gasteiger charge is -2.39. The zero-order valence-corrected chi connectivity index (χ0v) is 22.8. The molecule has 3 aliphatic rings. The highest BCUT2D eigenvalue weighted by molar-refractivity contribution is 7.20. The van der Waals surface area contributed by atoms with Gasteiger partial charge in [-0.3, -0.25) is 9.69 Å². The monoisotopic (exact) mass is 601 g/mol. The first kappa shape index (κ1) is 29.0. The molecule has 41 heavy (non-hydrogen) atoms. The number of alkyl halides is 3. The zero-order chi connectivity index (χ0) is 29.3. The number of ether oxygens (including phenoxy) is 1. The molecule has 0 unspecified atom stereocenters. The first-order chi connectivity index (χ1) is 19.5. The van der Waals surface area contributed by atoms with Gasteiger partial charge in [-0.2, -0.15) is 17.6 Å². The Morgan fingerprint density at radius 3 is 2.56 bits per heavy atom. The maximum Gasteiger partial charge on any atom is 0.416 e. The van der Waals surface area contributed by atoms with Gasteiger partial charge in [-0.1, -0.05) is 11.3 Å². The van der Waals surface area contributed by atoms with E-state index in [0.29, 0.717) is 56.9 Å². The number of nitrogens with zero attached hydrogens (tertiary/aromatic N) is 5. The molecule has 0 saturated carbocycles. The number of hydrogen-bond donors (Lipinski definition) is 3. The average Bonchev–Trinajstić information content (AvgIpc) is 3.31. The van der Waals surface area contributed by atoms with E-state index in [1.165, 1.54) is 0 Å². The van der Waals surface area contributed by atoms with Crippen LogP contribution in [0.2, 0.25) is 0 Å². The summed E-state index contributed by atoms with van der Waals surface area (Å²) in [6.07, 6.45) is -4.78. The molecular weight excluding hydrogens is 573 g/mol. The highest BCUT2D eigenvalue weighted by Gasteiger charge is 2.35. The normalized spacial score (nSPS) is 18.7. The maximum absolute atomic E-state index is 15.6. The number of piperazine rings is 1. The number of amidine groups is 1. The van der Waals surface area contributed by atoms with Crippen molar-refractivity contribution in [3.8, 4) is 11.3 Å². The molecule has 222 valence electrons. The highest BCUT2D eigenvalue weighted by Crippen LogP contribution is 2.43. The number of rotatable bonds is 8. The molecule has 0 atom stereocenters. The van der Waals surface area contributed by atoms with Gasteiger partial charge < -0.3 is 30.3 Å². The fourth-order valence-corrected chi connectivity index (χ4v) is 5.76. The second-order valence-corrected chi connectivity index (χ2v) is 10.7. The maximum atomic E-state index is 15.6. The molecule has 2 aromatic rings. The van der Waals surface area contributed by atoms with E-state index in [1.807, 2.05) is 9.80 Å². The van der Waals surface area contributed by atoms with Crippen LogP contribution in [0.1, 0.15) is 12.0 Å². The zero-order valence-electron chi connectivity index (χ0n) is 22.0. The number of carbonyl (C=O) groups is 1. The first-order valence-corrected chi connectivity index (χ1v) is 13.6. The second-order valence-electron chi connectivity index (χ2n) is 9.76. The van der Waals surface area contributed by atoms with Crippen molar-refractivity contribution in [1.82, 2.24) is 20.1 Å². The van der Waals surface area contributed by atoms with E-state index in [4.69, 9.17) is 9.84 Å². The van der Waals surface area contributed by atoms with Crippen LogP contribution in [-0.2, 0) is 15.7 Å². The lowest BCUT2D eigenvalue weighted by Crippen LogP contribution is -2.51. The molecule has 16 heteroatoms. The Labute approximate surface area is 236 Å². The molecule has 10 nitrogen and oxygen atoms in total. The van der Waals surface area contributed by atoms with E-state index >= 15 is 4.39 Å². The summed E-state index contributed by atoms with van der Waals surface area (Å²) in [5.74, 6) is -2.43. The van der Waals surface area contributed by atoms with Gasteiger partial charge in [0.1, 0.15) is 29.0 Å². The van der Waals surface area contributed by atoms with Crippen molar-refractivity contribution in [2.45, 2.75) is 18.7 Å². The van der Waals surface area contributed by atoms with E-state index in [-0.39, 0.29) is 47.2 Å². The Kier molecular flexibility index (Phi) is 8.33. The molecule has 0 aliphatic carbocycles. The molecule has 0 radical (unpaired) electrons. The molecule has 0 amide bonds. The SMILES string of the molecule is COC1CN(c2sc(NC3=C(F)C(N4CCN(CCC(=O)O)CC4)=NCN3)nc2-c2cc(F)cc(C(F)(F)F)c2)C1. The molecule has 1 aromatic heterocycles. The fourth-order valence-electron chi connectivity index (χ4n) is 4.75. The molecule has 2 fully saturated rings. The number of hydrogen-bond acceptors (Lipinski definition) is 10. The van der Waals surface area contributed by atoms with Crippen LogP contribution in [0.4, 0.5) is 32.1 Å². The van der Waals surface area contributed by atoms with Crippen molar-refractivity contribution < 1.29 is 36.6 Å². The van der Waals surface area contributed by atoms with Gasteiger partial charge in [0.15, 0.2) is 11.0 Å².